The zero-order chi connectivity index (χ0) is 13.2. The highest BCUT2D eigenvalue weighted by atomic mass is 16.4. The number of primary amides is 1. The van der Waals surface area contributed by atoms with Crippen LogP contribution in [0.3, 0.4) is 0 Å². The SMILES string of the molecule is NC(=O)C1(N2CCCCC2)CCN(C(=O)O)CC1. The summed E-state index contributed by atoms with van der Waals surface area (Å²) in [5.41, 5.74) is 4.99. The number of carbonyl (C=O) groups is 2. The van der Waals surface area contributed by atoms with E-state index in [1.165, 1.54) is 11.3 Å². The van der Waals surface area contributed by atoms with E-state index in [-0.39, 0.29) is 5.91 Å². The number of amides is 2. The predicted molar refractivity (Wildman–Crippen MR) is 66.2 cm³/mol. The van der Waals surface area contributed by atoms with E-state index in [0.29, 0.717) is 25.9 Å². The van der Waals surface area contributed by atoms with Crippen LogP contribution in [0.25, 0.3) is 0 Å². The van der Waals surface area contributed by atoms with Crippen molar-refractivity contribution in [3.05, 3.63) is 0 Å². The Kier molecular flexibility index (Phi) is 3.75. The summed E-state index contributed by atoms with van der Waals surface area (Å²) in [5, 5.41) is 8.95. The maximum absolute atomic E-state index is 11.9. The van der Waals surface area contributed by atoms with Crippen molar-refractivity contribution in [3.63, 3.8) is 0 Å². The van der Waals surface area contributed by atoms with Crippen LogP contribution in [0, 0.1) is 0 Å². The minimum absolute atomic E-state index is 0.297. The second-order valence-corrected chi connectivity index (χ2v) is 5.21. The molecule has 102 valence electrons. The minimum Gasteiger partial charge on any atom is -0.465 e. The lowest BCUT2D eigenvalue weighted by atomic mass is 9.83. The first-order chi connectivity index (χ1) is 8.56. The summed E-state index contributed by atoms with van der Waals surface area (Å²) in [4.78, 5) is 26.3. The van der Waals surface area contributed by atoms with Gasteiger partial charge < -0.3 is 15.7 Å². The zero-order valence-electron chi connectivity index (χ0n) is 10.6. The van der Waals surface area contributed by atoms with Gasteiger partial charge in [-0.05, 0) is 38.8 Å². The largest absolute Gasteiger partial charge is 0.465 e. The van der Waals surface area contributed by atoms with Crippen molar-refractivity contribution >= 4 is 12.0 Å². The van der Waals surface area contributed by atoms with Gasteiger partial charge in [0.25, 0.3) is 0 Å². The number of hydrogen-bond acceptors (Lipinski definition) is 3. The second kappa shape index (κ2) is 5.14. The fraction of sp³-hybridized carbons (Fsp3) is 0.833. The van der Waals surface area contributed by atoms with Gasteiger partial charge in [-0.15, -0.1) is 0 Å². The van der Waals surface area contributed by atoms with Crippen molar-refractivity contribution in [2.24, 2.45) is 5.73 Å². The number of rotatable bonds is 2. The van der Waals surface area contributed by atoms with E-state index in [2.05, 4.69) is 4.90 Å². The van der Waals surface area contributed by atoms with Crippen LogP contribution in [0.5, 0.6) is 0 Å². The molecule has 0 spiro atoms. The Morgan fingerprint density at radius 2 is 1.56 bits per heavy atom. The van der Waals surface area contributed by atoms with E-state index in [1.807, 2.05) is 0 Å². The Bertz CT molecular complexity index is 331. The molecule has 0 radical (unpaired) electrons. The topological polar surface area (TPSA) is 86.9 Å². The van der Waals surface area contributed by atoms with E-state index in [9.17, 15) is 9.59 Å². The van der Waals surface area contributed by atoms with Gasteiger partial charge in [0.1, 0.15) is 5.54 Å². The molecule has 2 aliphatic rings. The van der Waals surface area contributed by atoms with E-state index < -0.39 is 11.6 Å². The number of hydrogen-bond donors (Lipinski definition) is 2. The van der Waals surface area contributed by atoms with Crippen molar-refractivity contribution in [2.45, 2.75) is 37.6 Å². The van der Waals surface area contributed by atoms with E-state index in [1.54, 1.807) is 0 Å². The number of nitrogens with two attached hydrogens (primary N) is 1. The molecular formula is C12H21N3O3. The third-order valence-electron chi connectivity index (χ3n) is 4.28. The summed E-state index contributed by atoms with van der Waals surface area (Å²) in [7, 11) is 0. The summed E-state index contributed by atoms with van der Waals surface area (Å²) in [6.07, 6.45) is 3.53. The van der Waals surface area contributed by atoms with Crippen LogP contribution in [-0.2, 0) is 4.79 Å². The first-order valence-electron chi connectivity index (χ1n) is 6.59. The van der Waals surface area contributed by atoms with Crippen molar-refractivity contribution in [1.82, 2.24) is 9.80 Å². The quantitative estimate of drug-likeness (QED) is 0.751. The highest BCUT2D eigenvalue weighted by molar-refractivity contribution is 5.85. The van der Waals surface area contributed by atoms with E-state index >= 15 is 0 Å². The first-order valence-corrected chi connectivity index (χ1v) is 6.59. The molecule has 0 atom stereocenters. The normalized spacial score (nSPS) is 24.8. The smallest absolute Gasteiger partial charge is 0.407 e. The molecule has 0 unspecified atom stereocenters. The van der Waals surface area contributed by atoms with Gasteiger partial charge in [-0.1, -0.05) is 6.42 Å². The van der Waals surface area contributed by atoms with Crippen molar-refractivity contribution < 1.29 is 14.7 Å². The highest BCUT2D eigenvalue weighted by Gasteiger charge is 2.45. The maximum atomic E-state index is 11.9. The molecule has 2 saturated heterocycles. The highest BCUT2D eigenvalue weighted by Crippen LogP contribution is 2.31. The Hall–Kier alpha value is -1.30. The Morgan fingerprint density at radius 3 is 2.00 bits per heavy atom. The zero-order valence-corrected chi connectivity index (χ0v) is 10.6. The van der Waals surface area contributed by atoms with Crippen molar-refractivity contribution in [1.29, 1.82) is 0 Å². The molecule has 0 saturated carbocycles. The fourth-order valence-electron chi connectivity index (χ4n) is 3.11. The Balaban J connectivity index is 2.09. The lowest BCUT2D eigenvalue weighted by molar-refractivity contribution is -0.134. The first kappa shape index (κ1) is 13.1. The molecule has 6 heteroatoms. The number of nitrogens with zero attached hydrogens (tertiary/aromatic N) is 2. The second-order valence-electron chi connectivity index (χ2n) is 5.21. The molecule has 2 fully saturated rings. The van der Waals surface area contributed by atoms with Crippen LogP contribution < -0.4 is 5.73 Å². The van der Waals surface area contributed by atoms with Crippen LogP contribution in [0.15, 0.2) is 0 Å². The van der Waals surface area contributed by atoms with Gasteiger partial charge in [-0.2, -0.15) is 0 Å². The number of carboxylic acid groups (broad SMARTS) is 1. The van der Waals surface area contributed by atoms with Gasteiger partial charge in [0, 0.05) is 13.1 Å². The maximum Gasteiger partial charge on any atom is 0.407 e. The molecule has 2 rings (SSSR count). The summed E-state index contributed by atoms with van der Waals surface area (Å²) >= 11 is 0. The summed E-state index contributed by atoms with van der Waals surface area (Å²) < 4.78 is 0. The third kappa shape index (κ3) is 2.29. The molecule has 18 heavy (non-hydrogen) atoms. The fourth-order valence-corrected chi connectivity index (χ4v) is 3.11. The Labute approximate surface area is 107 Å². The molecule has 2 amide bonds. The summed E-state index contributed by atoms with van der Waals surface area (Å²) in [6.45, 7) is 2.59. The molecule has 2 aliphatic heterocycles. The van der Waals surface area contributed by atoms with E-state index in [4.69, 9.17) is 10.8 Å². The summed E-state index contributed by atoms with van der Waals surface area (Å²) in [6, 6.07) is 0. The number of likely N-dealkylation sites (tertiary alicyclic amines) is 2. The van der Waals surface area contributed by atoms with Gasteiger partial charge in [0.05, 0.1) is 0 Å². The lowest BCUT2D eigenvalue weighted by Gasteiger charge is -2.47. The van der Waals surface area contributed by atoms with Crippen LogP contribution in [0.2, 0.25) is 0 Å². The molecule has 2 heterocycles. The molecule has 0 aromatic heterocycles. The molecule has 0 aromatic rings. The average Bonchev–Trinajstić information content (AvgIpc) is 2.39. The van der Waals surface area contributed by atoms with Crippen LogP contribution in [-0.4, -0.2) is 58.6 Å². The summed E-state index contributed by atoms with van der Waals surface area (Å²) in [5.74, 6) is -0.297. The molecule has 3 N–H and O–H groups in total. The minimum atomic E-state index is -0.910. The molecule has 0 aromatic carbocycles. The predicted octanol–water partition coefficient (Wildman–Crippen LogP) is 0.470. The lowest BCUT2D eigenvalue weighted by Crippen LogP contribution is -2.63. The van der Waals surface area contributed by atoms with Gasteiger partial charge >= 0.3 is 6.09 Å². The monoisotopic (exact) mass is 255 g/mol. The van der Waals surface area contributed by atoms with Gasteiger partial charge in [-0.25, -0.2) is 4.79 Å². The number of carbonyl (C=O) groups excluding carboxylic acids is 1. The average molecular weight is 255 g/mol. The van der Waals surface area contributed by atoms with Crippen molar-refractivity contribution in [2.75, 3.05) is 26.2 Å². The molecule has 0 bridgehead atoms. The van der Waals surface area contributed by atoms with Crippen molar-refractivity contribution in [3.8, 4) is 0 Å². The van der Waals surface area contributed by atoms with Gasteiger partial charge in [0.2, 0.25) is 5.91 Å². The Morgan fingerprint density at radius 1 is 1.00 bits per heavy atom. The van der Waals surface area contributed by atoms with Crippen LogP contribution in [0.1, 0.15) is 32.1 Å². The molecular weight excluding hydrogens is 234 g/mol. The molecule has 6 nitrogen and oxygen atoms in total. The van der Waals surface area contributed by atoms with Gasteiger partial charge in [-0.3, -0.25) is 9.69 Å². The van der Waals surface area contributed by atoms with Crippen LogP contribution >= 0.6 is 0 Å². The van der Waals surface area contributed by atoms with E-state index in [0.717, 1.165) is 25.9 Å². The molecule has 0 aliphatic carbocycles. The number of piperidine rings is 2. The van der Waals surface area contributed by atoms with Gasteiger partial charge in [0.15, 0.2) is 0 Å². The third-order valence-corrected chi connectivity index (χ3v) is 4.28. The van der Waals surface area contributed by atoms with Crippen LogP contribution in [0.4, 0.5) is 4.79 Å². The standard InChI is InChI=1S/C12H21N3O3/c13-10(16)12(15-6-2-1-3-7-15)4-8-14(9-5-12)11(17)18/h1-9H2,(H2,13,16)(H,17,18).